The predicted molar refractivity (Wildman–Crippen MR) is 275 cm³/mol. The molecule has 1 spiro atoms. The van der Waals surface area contributed by atoms with E-state index in [2.05, 4.69) is 266 Å². The number of hydrogen-bond acceptors (Lipinski definition) is 2. The number of anilines is 6. The van der Waals surface area contributed by atoms with Crippen LogP contribution in [-0.2, 0) is 10.8 Å². The Bertz CT molecular complexity index is 3460. The van der Waals surface area contributed by atoms with Crippen molar-refractivity contribution in [1.82, 2.24) is 0 Å². The molecule has 0 saturated heterocycles. The van der Waals surface area contributed by atoms with Gasteiger partial charge in [-0.15, -0.1) is 0 Å². The van der Waals surface area contributed by atoms with E-state index in [1.54, 1.807) is 0 Å². The zero-order valence-electron chi connectivity index (χ0n) is 37.0. The number of rotatable bonds is 6. The Labute approximate surface area is 387 Å². The van der Waals surface area contributed by atoms with Crippen molar-refractivity contribution in [2.24, 2.45) is 0 Å². The molecule has 66 heavy (non-hydrogen) atoms. The van der Waals surface area contributed by atoms with Crippen LogP contribution in [-0.4, -0.2) is 0 Å². The molecule has 2 aliphatic carbocycles. The van der Waals surface area contributed by atoms with E-state index in [0.717, 1.165) is 17.1 Å². The quantitative estimate of drug-likeness (QED) is 0.165. The molecule has 13 rings (SSSR count). The minimum atomic E-state index is -0.557. The second kappa shape index (κ2) is 14.7. The summed E-state index contributed by atoms with van der Waals surface area (Å²) >= 11 is 0. The summed E-state index contributed by atoms with van der Waals surface area (Å²) in [6, 6.07) is 90.0. The first-order chi connectivity index (χ1) is 32.5. The molecular weight excluding hydrogens is 797 g/mol. The third-order valence-electron chi connectivity index (χ3n) is 14.6. The third-order valence-corrected chi connectivity index (χ3v) is 14.6. The smallest absolute Gasteiger partial charge is 0.0754 e. The van der Waals surface area contributed by atoms with E-state index in [-0.39, 0.29) is 5.41 Å². The van der Waals surface area contributed by atoms with Crippen molar-refractivity contribution in [3.63, 3.8) is 0 Å². The molecule has 2 heteroatoms. The Morgan fingerprint density at radius 2 is 0.818 bits per heavy atom. The SMILES string of the molecule is CC1(C)c2ccccc2-c2cccc(N(c3ccc(-c4ccccc4)cc3)c3ccccc3-c3ccc4c(c3)C3(c5ccccc5-4)c4ccccc4N(c4ccccc4)c4ccccc43)c21. The van der Waals surface area contributed by atoms with Crippen LogP contribution in [0.25, 0.3) is 44.5 Å². The Hall–Kier alpha value is -8.20. The van der Waals surface area contributed by atoms with E-state index in [1.807, 2.05) is 0 Å². The lowest BCUT2D eigenvalue weighted by Crippen LogP contribution is -2.36. The molecule has 1 heterocycles. The van der Waals surface area contributed by atoms with Crippen LogP contribution >= 0.6 is 0 Å². The zero-order valence-corrected chi connectivity index (χ0v) is 37.0. The lowest BCUT2D eigenvalue weighted by molar-refractivity contribution is 0.661. The summed E-state index contributed by atoms with van der Waals surface area (Å²) in [5.74, 6) is 0. The monoisotopic (exact) mass is 842 g/mol. The highest BCUT2D eigenvalue weighted by atomic mass is 15.2. The normalized spacial score (nSPS) is 14.1. The maximum atomic E-state index is 2.53. The van der Waals surface area contributed by atoms with Crippen molar-refractivity contribution in [3.8, 4) is 44.5 Å². The lowest BCUT2D eigenvalue weighted by atomic mass is 9.64. The third kappa shape index (κ3) is 5.42. The molecular formula is C64H46N2. The highest BCUT2D eigenvalue weighted by Crippen LogP contribution is 2.64. The zero-order chi connectivity index (χ0) is 44.0. The first-order valence-electron chi connectivity index (χ1n) is 23.1. The summed E-state index contributed by atoms with van der Waals surface area (Å²) in [5, 5.41) is 0. The topological polar surface area (TPSA) is 6.48 Å². The van der Waals surface area contributed by atoms with E-state index in [4.69, 9.17) is 0 Å². The summed E-state index contributed by atoms with van der Waals surface area (Å²) < 4.78 is 0. The first-order valence-corrected chi connectivity index (χ1v) is 23.1. The van der Waals surface area contributed by atoms with Crippen molar-refractivity contribution < 1.29 is 0 Å². The van der Waals surface area contributed by atoms with Gasteiger partial charge in [0.25, 0.3) is 0 Å². The fraction of sp³-hybridized carbons (Fsp3) is 0.0625. The van der Waals surface area contributed by atoms with Crippen LogP contribution in [0.3, 0.4) is 0 Å². The summed E-state index contributed by atoms with van der Waals surface area (Å²) in [5.41, 5.74) is 24.0. The van der Waals surface area contributed by atoms with Crippen molar-refractivity contribution in [3.05, 3.63) is 276 Å². The number of hydrogen-bond donors (Lipinski definition) is 0. The molecule has 1 aliphatic heterocycles. The Morgan fingerprint density at radius 1 is 0.333 bits per heavy atom. The van der Waals surface area contributed by atoms with Gasteiger partial charge >= 0.3 is 0 Å². The number of benzene rings is 10. The highest BCUT2D eigenvalue weighted by molar-refractivity contribution is 5.99. The van der Waals surface area contributed by atoms with E-state index in [9.17, 15) is 0 Å². The molecule has 0 unspecified atom stereocenters. The maximum Gasteiger partial charge on any atom is 0.0754 e. The molecule has 0 fully saturated rings. The molecule has 0 amide bonds. The van der Waals surface area contributed by atoms with Gasteiger partial charge in [0.2, 0.25) is 0 Å². The van der Waals surface area contributed by atoms with Gasteiger partial charge in [0.1, 0.15) is 0 Å². The van der Waals surface area contributed by atoms with E-state index < -0.39 is 5.41 Å². The fourth-order valence-electron chi connectivity index (χ4n) is 11.9. The molecule has 0 radical (unpaired) electrons. The van der Waals surface area contributed by atoms with Crippen LogP contribution < -0.4 is 9.80 Å². The van der Waals surface area contributed by atoms with Gasteiger partial charge in [-0.3, -0.25) is 0 Å². The van der Waals surface area contributed by atoms with Crippen molar-refractivity contribution in [1.29, 1.82) is 0 Å². The standard InChI is InChI=1S/C64H46N2/c1-63(2)53-28-12-9-26-50(53)52-27-19-35-61(62(52)63)65(47-39-36-44(37-40-47)43-20-5-3-6-21-43)58-32-16-11-24-48(58)45-38-41-51-49-25-10-13-29-54(49)64(57(51)42-45)55-30-14-17-33-59(55)66(46-22-7-4-8-23-46)60-34-18-15-31-56(60)64/h3-42H,1-2H3. The summed E-state index contributed by atoms with van der Waals surface area (Å²) in [6.07, 6.45) is 0. The van der Waals surface area contributed by atoms with Gasteiger partial charge in [0.15, 0.2) is 0 Å². The molecule has 0 atom stereocenters. The minimum Gasteiger partial charge on any atom is -0.310 e. The summed E-state index contributed by atoms with van der Waals surface area (Å²) in [4.78, 5) is 4.98. The average Bonchev–Trinajstić information content (AvgIpc) is 3.80. The van der Waals surface area contributed by atoms with Crippen molar-refractivity contribution in [2.45, 2.75) is 24.7 Å². The second-order valence-corrected chi connectivity index (χ2v) is 18.4. The Morgan fingerprint density at radius 3 is 1.52 bits per heavy atom. The lowest BCUT2D eigenvalue weighted by Gasteiger charge is -2.45. The molecule has 10 aromatic rings. The van der Waals surface area contributed by atoms with Crippen LogP contribution in [0.5, 0.6) is 0 Å². The van der Waals surface area contributed by atoms with Crippen molar-refractivity contribution >= 4 is 34.1 Å². The largest absolute Gasteiger partial charge is 0.310 e. The van der Waals surface area contributed by atoms with Crippen LogP contribution in [0.2, 0.25) is 0 Å². The average molecular weight is 843 g/mol. The number of fused-ring (bicyclic) bond motifs is 12. The van der Waals surface area contributed by atoms with Gasteiger partial charge in [-0.25, -0.2) is 0 Å². The number of nitrogens with zero attached hydrogens (tertiary/aromatic N) is 2. The van der Waals surface area contributed by atoms with Gasteiger partial charge < -0.3 is 9.80 Å². The molecule has 0 bridgehead atoms. The number of para-hydroxylation sites is 4. The summed E-state index contributed by atoms with van der Waals surface area (Å²) in [7, 11) is 0. The molecule has 3 aliphatic rings. The van der Waals surface area contributed by atoms with Crippen molar-refractivity contribution in [2.75, 3.05) is 9.80 Å². The molecule has 0 N–H and O–H groups in total. The summed E-state index contributed by atoms with van der Waals surface area (Å²) in [6.45, 7) is 4.78. The predicted octanol–water partition coefficient (Wildman–Crippen LogP) is 16.9. The second-order valence-electron chi connectivity index (χ2n) is 18.4. The fourth-order valence-corrected chi connectivity index (χ4v) is 11.9. The van der Waals surface area contributed by atoms with Gasteiger partial charge in [0, 0.05) is 22.4 Å². The van der Waals surface area contributed by atoms with Crippen LogP contribution in [0, 0.1) is 0 Å². The van der Waals surface area contributed by atoms with E-state index >= 15 is 0 Å². The van der Waals surface area contributed by atoms with Gasteiger partial charge in [-0.05, 0) is 127 Å². The molecule has 0 saturated carbocycles. The Balaban J connectivity index is 1.05. The van der Waals surface area contributed by atoms with Gasteiger partial charge in [0.05, 0.1) is 28.2 Å². The molecule has 312 valence electrons. The van der Waals surface area contributed by atoms with Crippen LogP contribution in [0.1, 0.15) is 47.2 Å². The van der Waals surface area contributed by atoms with Gasteiger partial charge in [-0.1, -0.05) is 202 Å². The first kappa shape index (κ1) is 38.3. The molecule has 0 aromatic heterocycles. The van der Waals surface area contributed by atoms with Crippen LogP contribution in [0.15, 0.2) is 243 Å². The highest BCUT2D eigenvalue weighted by Gasteiger charge is 2.52. The molecule has 10 aromatic carbocycles. The Kier molecular flexibility index (Phi) is 8.51. The maximum absolute atomic E-state index is 2.53. The minimum absolute atomic E-state index is 0.221. The van der Waals surface area contributed by atoms with E-state index in [0.29, 0.717) is 0 Å². The molecule has 2 nitrogen and oxygen atoms in total. The van der Waals surface area contributed by atoms with E-state index in [1.165, 1.54) is 95.0 Å². The van der Waals surface area contributed by atoms with Gasteiger partial charge in [-0.2, -0.15) is 0 Å². The van der Waals surface area contributed by atoms with Crippen LogP contribution in [0.4, 0.5) is 34.1 Å².